The van der Waals surface area contributed by atoms with Crippen LogP contribution in [0.15, 0.2) is 48.0 Å². The normalized spacial score (nSPS) is 15.3. The monoisotopic (exact) mass is 251 g/mol. The van der Waals surface area contributed by atoms with Gasteiger partial charge in [0.25, 0.3) is 0 Å². The number of anilines is 1. The predicted molar refractivity (Wildman–Crippen MR) is 79.2 cm³/mol. The van der Waals surface area contributed by atoms with Gasteiger partial charge in [-0.25, -0.2) is 0 Å². The van der Waals surface area contributed by atoms with Gasteiger partial charge >= 0.3 is 0 Å². The SMILES string of the molecule is Nc1cc2ccccc2cc1C(=O)C1=CCCCC1. The molecule has 1 aliphatic rings. The summed E-state index contributed by atoms with van der Waals surface area (Å²) in [7, 11) is 0. The molecule has 0 unspecified atom stereocenters. The molecule has 0 aliphatic heterocycles. The van der Waals surface area contributed by atoms with E-state index in [1.165, 1.54) is 6.42 Å². The fourth-order valence-corrected chi connectivity index (χ4v) is 2.67. The first-order chi connectivity index (χ1) is 9.25. The number of ketones is 1. The van der Waals surface area contributed by atoms with Crippen molar-refractivity contribution in [2.45, 2.75) is 25.7 Å². The molecule has 19 heavy (non-hydrogen) atoms. The van der Waals surface area contributed by atoms with Crippen LogP contribution in [0, 0.1) is 0 Å². The van der Waals surface area contributed by atoms with Gasteiger partial charge in [0.05, 0.1) is 0 Å². The van der Waals surface area contributed by atoms with Crippen LogP contribution in [0.3, 0.4) is 0 Å². The highest BCUT2D eigenvalue weighted by molar-refractivity contribution is 6.14. The zero-order valence-electron chi connectivity index (χ0n) is 10.9. The molecule has 2 heteroatoms. The number of Topliss-reactive ketones (excluding diaryl/α,β-unsaturated/α-hetero) is 1. The van der Waals surface area contributed by atoms with Crippen molar-refractivity contribution in [1.82, 2.24) is 0 Å². The number of hydrogen-bond donors (Lipinski definition) is 1. The Morgan fingerprint density at radius 1 is 1.05 bits per heavy atom. The highest BCUT2D eigenvalue weighted by Crippen LogP contribution is 2.27. The summed E-state index contributed by atoms with van der Waals surface area (Å²) in [5.41, 5.74) is 8.19. The molecule has 2 N–H and O–H groups in total. The molecule has 1 aliphatic carbocycles. The Morgan fingerprint density at radius 3 is 2.47 bits per heavy atom. The molecule has 3 rings (SSSR count). The highest BCUT2D eigenvalue weighted by Gasteiger charge is 2.17. The molecule has 2 nitrogen and oxygen atoms in total. The van der Waals surface area contributed by atoms with E-state index in [4.69, 9.17) is 5.73 Å². The standard InChI is InChI=1S/C17H17NO/c18-16-11-14-9-5-4-8-13(14)10-15(16)17(19)12-6-2-1-3-7-12/h4-6,8-11H,1-3,7,18H2. The van der Waals surface area contributed by atoms with E-state index in [1.54, 1.807) is 0 Å². The number of nitrogen functional groups attached to an aromatic ring is 1. The summed E-state index contributed by atoms with van der Waals surface area (Å²) in [6, 6.07) is 11.8. The van der Waals surface area contributed by atoms with E-state index in [0.29, 0.717) is 11.3 Å². The van der Waals surface area contributed by atoms with Crippen LogP contribution in [0.4, 0.5) is 5.69 Å². The Morgan fingerprint density at radius 2 is 1.79 bits per heavy atom. The Kier molecular flexibility index (Phi) is 3.08. The summed E-state index contributed by atoms with van der Waals surface area (Å²) in [5, 5.41) is 2.14. The largest absolute Gasteiger partial charge is 0.398 e. The summed E-state index contributed by atoms with van der Waals surface area (Å²) in [4.78, 5) is 12.5. The lowest BCUT2D eigenvalue weighted by Gasteiger charge is -2.13. The molecule has 0 amide bonds. The summed E-state index contributed by atoms with van der Waals surface area (Å²) in [5.74, 6) is 0.1000. The lowest BCUT2D eigenvalue weighted by molar-refractivity contribution is 0.102. The molecule has 0 heterocycles. The van der Waals surface area contributed by atoms with Crippen LogP contribution in [0.25, 0.3) is 10.8 Å². The Hall–Kier alpha value is -2.09. The van der Waals surface area contributed by atoms with Crippen LogP contribution < -0.4 is 5.73 Å². The van der Waals surface area contributed by atoms with E-state index < -0.39 is 0 Å². The third kappa shape index (κ3) is 2.26. The van der Waals surface area contributed by atoms with Gasteiger partial charge in [-0.2, -0.15) is 0 Å². The summed E-state index contributed by atoms with van der Waals surface area (Å²) < 4.78 is 0. The average Bonchev–Trinajstić information content (AvgIpc) is 2.47. The Bertz CT molecular complexity index is 670. The quantitative estimate of drug-likeness (QED) is 0.645. The molecule has 96 valence electrons. The first-order valence-corrected chi connectivity index (χ1v) is 6.78. The van der Waals surface area contributed by atoms with Crippen molar-refractivity contribution in [3.63, 3.8) is 0 Å². The second kappa shape index (κ2) is 4.88. The van der Waals surface area contributed by atoms with Crippen LogP contribution >= 0.6 is 0 Å². The molecule has 0 fully saturated rings. The number of allylic oxidation sites excluding steroid dienone is 2. The van der Waals surface area contributed by atoms with E-state index >= 15 is 0 Å². The number of hydrogen-bond acceptors (Lipinski definition) is 2. The zero-order valence-corrected chi connectivity index (χ0v) is 10.9. The molecule has 0 saturated carbocycles. The summed E-state index contributed by atoms with van der Waals surface area (Å²) in [6.45, 7) is 0. The van der Waals surface area contributed by atoms with Gasteiger partial charge in [-0.1, -0.05) is 30.3 Å². The summed E-state index contributed by atoms with van der Waals surface area (Å²) >= 11 is 0. The van der Waals surface area contributed by atoms with Crippen LogP contribution in [-0.4, -0.2) is 5.78 Å². The number of nitrogens with two attached hydrogens (primary N) is 1. The van der Waals surface area contributed by atoms with Gasteiger partial charge in [-0.15, -0.1) is 0 Å². The fraction of sp³-hybridized carbons (Fsp3) is 0.235. The molecule has 0 saturated heterocycles. The van der Waals surface area contributed by atoms with Crippen molar-refractivity contribution in [2.75, 3.05) is 5.73 Å². The maximum absolute atomic E-state index is 12.5. The van der Waals surface area contributed by atoms with Gasteiger partial charge in [0.2, 0.25) is 0 Å². The van der Waals surface area contributed by atoms with Crippen molar-refractivity contribution < 1.29 is 4.79 Å². The van der Waals surface area contributed by atoms with E-state index in [-0.39, 0.29) is 5.78 Å². The van der Waals surface area contributed by atoms with Crippen molar-refractivity contribution in [3.05, 3.63) is 53.6 Å². The third-order valence-electron chi connectivity index (χ3n) is 3.75. The molecule has 0 atom stereocenters. The minimum absolute atomic E-state index is 0.1000. The second-order valence-corrected chi connectivity index (χ2v) is 5.09. The number of carbonyl (C=O) groups is 1. The first-order valence-electron chi connectivity index (χ1n) is 6.78. The van der Waals surface area contributed by atoms with Gasteiger partial charge in [-0.05, 0) is 54.2 Å². The number of carbonyl (C=O) groups excluding carboxylic acids is 1. The lowest BCUT2D eigenvalue weighted by Crippen LogP contribution is -2.09. The Labute approximate surface area is 112 Å². The predicted octanol–water partition coefficient (Wildman–Crippen LogP) is 4.11. The molecule has 0 radical (unpaired) electrons. The van der Waals surface area contributed by atoms with Gasteiger partial charge < -0.3 is 5.73 Å². The van der Waals surface area contributed by atoms with E-state index in [2.05, 4.69) is 6.08 Å². The van der Waals surface area contributed by atoms with E-state index in [9.17, 15) is 4.79 Å². The fourth-order valence-electron chi connectivity index (χ4n) is 2.67. The Balaban J connectivity index is 2.06. The second-order valence-electron chi connectivity index (χ2n) is 5.09. The van der Waals surface area contributed by atoms with Gasteiger partial charge in [0.15, 0.2) is 5.78 Å². The molecule has 2 aromatic rings. The minimum atomic E-state index is 0.1000. The van der Waals surface area contributed by atoms with E-state index in [1.807, 2.05) is 36.4 Å². The number of fused-ring (bicyclic) bond motifs is 1. The third-order valence-corrected chi connectivity index (χ3v) is 3.75. The van der Waals surface area contributed by atoms with Gasteiger partial charge in [-0.3, -0.25) is 4.79 Å². The summed E-state index contributed by atoms with van der Waals surface area (Å²) in [6.07, 6.45) is 6.25. The molecular weight excluding hydrogens is 234 g/mol. The minimum Gasteiger partial charge on any atom is -0.398 e. The van der Waals surface area contributed by atoms with Crippen molar-refractivity contribution in [1.29, 1.82) is 0 Å². The molecule has 0 aromatic heterocycles. The lowest BCUT2D eigenvalue weighted by atomic mass is 9.91. The van der Waals surface area contributed by atoms with Crippen LogP contribution in [-0.2, 0) is 0 Å². The van der Waals surface area contributed by atoms with Gasteiger partial charge in [0.1, 0.15) is 0 Å². The molecule has 2 aromatic carbocycles. The highest BCUT2D eigenvalue weighted by atomic mass is 16.1. The molecular formula is C17H17NO. The van der Waals surface area contributed by atoms with Crippen LogP contribution in [0.5, 0.6) is 0 Å². The number of benzene rings is 2. The first kappa shape index (κ1) is 12.0. The maximum Gasteiger partial charge on any atom is 0.190 e. The van der Waals surface area contributed by atoms with Crippen molar-refractivity contribution in [2.24, 2.45) is 0 Å². The zero-order chi connectivity index (χ0) is 13.2. The van der Waals surface area contributed by atoms with Crippen molar-refractivity contribution >= 4 is 22.2 Å². The van der Waals surface area contributed by atoms with Crippen molar-refractivity contribution in [3.8, 4) is 0 Å². The van der Waals surface area contributed by atoms with Crippen LogP contribution in [0.2, 0.25) is 0 Å². The number of rotatable bonds is 2. The van der Waals surface area contributed by atoms with E-state index in [0.717, 1.165) is 35.6 Å². The molecule has 0 spiro atoms. The average molecular weight is 251 g/mol. The van der Waals surface area contributed by atoms with Gasteiger partial charge in [0, 0.05) is 11.3 Å². The smallest absolute Gasteiger partial charge is 0.190 e. The topological polar surface area (TPSA) is 43.1 Å². The van der Waals surface area contributed by atoms with Crippen LogP contribution in [0.1, 0.15) is 36.0 Å². The maximum atomic E-state index is 12.5. The molecule has 0 bridgehead atoms.